The second-order valence-electron chi connectivity index (χ2n) is 9.83. The van der Waals surface area contributed by atoms with Crippen LogP contribution in [0.5, 0.6) is 0 Å². The minimum absolute atomic E-state index is 0.0115. The number of aryl methyl sites for hydroxylation is 1. The highest BCUT2D eigenvalue weighted by Gasteiger charge is 2.27. The summed E-state index contributed by atoms with van der Waals surface area (Å²) in [5, 5.41) is 5.09. The van der Waals surface area contributed by atoms with Crippen LogP contribution in [-0.4, -0.2) is 35.1 Å². The lowest BCUT2D eigenvalue weighted by molar-refractivity contribution is -0.125. The number of piperidine rings is 1. The lowest BCUT2D eigenvalue weighted by atomic mass is 9.95. The van der Waals surface area contributed by atoms with E-state index in [0.29, 0.717) is 17.2 Å². The van der Waals surface area contributed by atoms with Gasteiger partial charge in [-0.05, 0) is 68.9 Å². The summed E-state index contributed by atoms with van der Waals surface area (Å²) in [6.45, 7) is 4.73. The second-order valence-corrected chi connectivity index (χ2v) is 10.8. The molecule has 0 saturated carbocycles. The number of thiophene rings is 1. The van der Waals surface area contributed by atoms with Gasteiger partial charge in [0.15, 0.2) is 0 Å². The summed E-state index contributed by atoms with van der Waals surface area (Å²) in [7, 11) is 0. The van der Waals surface area contributed by atoms with Gasteiger partial charge in [0.25, 0.3) is 5.56 Å². The molecule has 0 spiro atoms. The van der Waals surface area contributed by atoms with Gasteiger partial charge in [-0.3, -0.25) is 14.2 Å². The number of allylic oxidation sites excluding steroid dienone is 1. The third-order valence-corrected chi connectivity index (χ3v) is 8.18. The Morgan fingerprint density at radius 3 is 2.69 bits per heavy atom. The molecule has 3 heterocycles. The predicted octanol–water partition coefficient (Wildman–Crippen LogP) is 5.04. The van der Waals surface area contributed by atoms with Crippen LogP contribution in [0.1, 0.15) is 56.1 Å². The van der Waals surface area contributed by atoms with Crippen molar-refractivity contribution in [1.29, 1.82) is 0 Å². The van der Waals surface area contributed by atoms with Crippen molar-refractivity contribution in [3.05, 3.63) is 68.8 Å². The fourth-order valence-electron chi connectivity index (χ4n) is 5.16. The number of rotatable bonds is 7. The monoisotopic (exact) mass is 490 g/mol. The molecule has 35 heavy (non-hydrogen) atoms. The predicted molar refractivity (Wildman–Crippen MR) is 143 cm³/mol. The molecule has 6 nitrogen and oxygen atoms in total. The molecule has 1 aliphatic carbocycles. The first-order valence-corrected chi connectivity index (χ1v) is 13.7. The van der Waals surface area contributed by atoms with Crippen LogP contribution >= 0.6 is 11.3 Å². The molecule has 1 N–H and O–H groups in total. The maximum absolute atomic E-state index is 13.4. The van der Waals surface area contributed by atoms with Crippen molar-refractivity contribution in [1.82, 2.24) is 14.9 Å². The van der Waals surface area contributed by atoms with Crippen molar-refractivity contribution in [3.8, 4) is 0 Å². The van der Waals surface area contributed by atoms with Crippen LogP contribution in [0.15, 0.2) is 52.2 Å². The van der Waals surface area contributed by atoms with Gasteiger partial charge in [-0.25, -0.2) is 4.98 Å². The zero-order valence-corrected chi connectivity index (χ0v) is 21.3. The van der Waals surface area contributed by atoms with Crippen molar-refractivity contribution in [2.45, 2.75) is 58.4 Å². The molecule has 2 aliphatic rings. The van der Waals surface area contributed by atoms with Crippen molar-refractivity contribution in [2.75, 3.05) is 24.5 Å². The summed E-state index contributed by atoms with van der Waals surface area (Å²) in [5.41, 5.74) is 4.54. The average Bonchev–Trinajstić information content (AvgIpc) is 3.37. The van der Waals surface area contributed by atoms with E-state index in [1.807, 2.05) is 16.0 Å². The number of hydrogen-bond acceptors (Lipinski definition) is 5. The number of anilines is 1. The Bertz CT molecular complexity index is 1270. The van der Waals surface area contributed by atoms with Crippen molar-refractivity contribution in [3.63, 3.8) is 0 Å². The first-order valence-electron chi connectivity index (χ1n) is 12.8. The molecule has 184 valence electrons. The molecule has 0 radical (unpaired) electrons. The average molecular weight is 491 g/mol. The van der Waals surface area contributed by atoms with E-state index < -0.39 is 0 Å². The summed E-state index contributed by atoms with van der Waals surface area (Å²) in [6.07, 6.45) is 9.80. The molecule has 0 unspecified atom stereocenters. The minimum Gasteiger partial charge on any atom is -0.356 e. The van der Waals surface area contributed by atoms with Gasteiger partial charge in [-0.15, -0.1) is 11.3 Å². The molecule has 0 atom stereocenters. The highest BCUT2D eigenvalue weighted by Crippen LogP contribution is 2.25. The maximum atomic E-state index is 13.4. The number of aromatic nitrogens is 2. The quantitative estimate of drug-likeness (QED) is 0.471. The summed E-state index contributed by atoms with van der Waals surface area (Å²) in [6, 6.07) is 10.2. The van der Waals surface area contributed by atoms with E-state index in [-0.39, 0.29) is 17.4 Å². The highest BCUT2D eigenvalue weighted by molar-refractivity contribution is 7.17. The van der Waals surface area contributed by atoms with Crippen LogP contribution in [0.4, 0.5) is 5.95 Å². The molecule has 1 aromatic carbocycles. The van der Waals surface area contributed by atoms with Crippen LogP contribution in [-0.2, 0) is 11.3 Å². The van der Waals surface area contributed by atoms with E-state index in [1.54, 1.807) is 0 Å². The van der Waals surface area contributed by atoms with Gasteiger partial charge in [0, 0.05) is 25.6 Å². The van der Waals surface area contributed by atoms with E-state index >= 15 is 0 Å². The van der Waals surface area contributed by atoms with Crippen LogP contribution < -0.4 is 15.8 Å². The number of carbonyl (C=O) groups excluding carboxylic acids is 1. The zero-order valence-electron chi connectivity index (χ0n) is 20.5. The Morgan fingerprint density at radius 1 is 1.14 bits per heavy atom. The molecule has 1 amide bonds. The standard InChI is InChI=1S/C28H34N4O2S/c1-20-7-9-22(10-8-20)19-32-27(34)25-24(14-18-35-25)30-28(32)31-16-12-23(13-17-31)26(33)29-15-11-21-5-3-2-4-6-21/h5,7-10,14,18,23H,2-4,6,11-13,15-17,19H2,1H3,(H,29,33). The largest absolute Gasteiger partial charge is 0.356 e. The Hall–Kier alpha value is -2.93. The Kier molecular flexibility index (Phi) is 7.32. The van der Waals surface area contributed by atoms with E-state index in [9.17, 15) is 9.59 Å². The number of benzene rings is 1. The fraction of sp³-hybridized carbons (Fsp3) is 0.464. The Balaban J connectivity index is 1.26. The molecular formula is C28H34N4O2S. The molecular weight excluding hydrogens is 456 g/mol. The van der Waals surface area contributed by atoms with E-state index in [1.165, 1.54) is 48.2 Å². The summed E-state index contributed by atoms with van der Waals surface area (Å²) in [4.78, 5) is 33.3. The van der Waals surface area contributed by atoms with Crippen molar-refractivity contribution >= 4 is 33.4 Å². The summed E-state index contributed by atoms with van der Waals surface area (Å²) < 4.78 is 2.50. The van der Waals surface area contributed by atoms with Crippen LogP contribution in [0.25, 0.3) is 10.2 Å². The van der Waals surface area contributed by atoms with E-state index in [4.69, 9.17) is 4.98 Å². The first-order chi connectivity index (χ1) is 17.1. The number of nitrogens with one attached hydrogen (secondary N) is 1. The molecule has 7 heteroatoms. The smallest absolute Gasteiger partial charge is 0.273 e. The molecule has 1 aliphatic heterocycles. The minimum atomic E-state index is 0.0115. The molecule has 1 saturated heterocycles. The third kappa shape index (κ3) is 5.50. The SMILES string of the molecule is Cc1ccc(Cn2c(N3CCC(C(=O)NCCC4=CCCCC4)CC3)nc3ccsc3c2=O)cc1. The van der Waals surface area contributed by atoms with E-state index in [0.717, 1.165) is 50.0 Å². The van der Waals surface area contributed by atoms with Gasteiger partial charge in [0.05, 0.1) is 12.1 Å². The Morgan fingerprint density at radius 2 is 1.94 bits per heavy atom. The maximum Gasteiger partial charge on any atom is 0.273 e. The summed E-state index contributed by atoms with van der Waals surface area (Å²) >= 11 is 1.45. The Labute approximate surface area is 210 Å². The number of amides is 1. The molecule has 1 fully saturated rings. The van der Waals surface area contributed by atoms with Gasteiger partial charge in [0.1, 0.15) is 4.70 Å². The summed E-state index contributed by atoms with van der Waals surface area (Å²) in [5.74, 6) is 0.901. The van der Waals surface area contributed by atoms with Crippen LogP contribution in [0.3, 0.4) is 0 Å². The van der Waals surface area contributed by atoms with Gasteiger partial charge in [-0.1, -0.05) is 41.5 Å². The van der Waals surface area contributed by atoms with Crippen molar-refractivity contribution in [2.24, 2.45) is 5.92 Å². The van der Waals surface area contributed by atoms with Crippen molar-refractivity contribution < 1.29 is 4.79 Å². The van der Waals surface area contributed by atoms with Gasteiger partial charge in [-0.2, -0.15) is 0 Å². The molecule has 5 rings (SSSR count). The number of hydrogen-bond donors (Lipinski definition) is 1. The third-order valence-electron chi connectivity index (χ3n) is 7.29. The first kappa shape index (κ1) is 23.8. The van der Waals surface area contributed by atoms with Crippen LogP contribution in [0, 0.1) is 12.8 Å². The number of carbonyl (C=O) groups is 1. The fourth-order valence-corrected chi connectivity index (χ4v) is 5.93. The zero-order chi connectivity index (χ0) is 24.2. The molecule has 0 bridgehead atoms. The van der Waals surface area contributed by atoms with Gasteiger partial charge >= 0.3 is 0 Å². The highest BCUT2D eigenvalue weighted by atomic mass is 32.1. The topological polar surface area (TPSA) is 67.2 Å². The van der Waals surface area contributed by atoms with Gasteiger partial charge < -0.3 is 10.2 Å². The second kappa shape index (κ2) is 10.8. The molecule has 3 aromatic rings. The molecule has 2 aromatic heterocycles. The lowest BCUT2D eigenvalue weighted by Crippen LogP contribution is -2.43. The van der Waals surface area contributed by atoms with Gasteiger partial charge in [0.2, 0.25) is 11.9 Å². The van der Waals surface area contributed by atoms with E-state index in [2.05, 4.69) is 47.5 Å². The van der Waals surface area contributed by atoms with Crippen LogP contribution in [0.2, 0.25) is 0 Å². The number of fused-ring (bicyclic) bond motifs is 1. The normalized spacial score (nSPS) is 16.9. The lowest BCUT2D eigenvalue weighted by Gasteiger charge is -2.33. The number of nitrogens with zero attached hydrogens (tertiary/aromatic N) is 3.